The number of sulfone groups is 1. The highest BCUT2D eigenvalue weighted by Gasteiger charge is 2.24. The number of nitrogens with one attached hydrogen (secondary N) is 1. The SMILES string of the molecule is CCCS(=O)(=O)c1ccccc1C(=O)Nc1nc(-c2ccccc2)c(C(=O)OCC)s1. The molecule has 0 aliphatic carbocycles. The van der Waals surface area contributed by atoms with Crippen LogP contribution in [0.15, 0.2) is 59.5 Å². The Morgan fingerprint density at radius 1 is 1.03 bits per heavy atom. The van der Waals surface area contributed by atoms with E-state index in [2.05, 4.69) is 10.3 Å². The number of amides is 1. The molecule has 0 radical (unpaired) electrons. The molecule has 2 aromatic carbocycles. The lowest BCUT2D eigenvalue weighted by atomic mass is 10.1. The van der Waals surface area contributed by atoms with Crippen LogP contribution < -0.4 is 5.32 Å². The van der Waals surface area contributed by atoms with E-state index >= 15 is 0 Å². The van der Waals surface area contributed by atoms with Crippen molar-refractivity contribution in [3.8, 4) is 11.3 Å². The molecule has 9 heteroatoms. The van der Waals surface area contributed by atoms with Gasteiger partial charge in [0.2, 0.25) is 0 Å². The van der Waals surface area contributed by atoms with Crippen LogP contribution in [0.5, 0.6) is 0 Å². The summed E-state index contributed by atoms with van der Waals surface area (Å²) in [5, 5.41) is 2.81. The summed E-state index contributed by atoms with van der Waals surface area (Å²) in [6, 6.07) is 15.1. The smallest absolute Gasteiger partial charge is 0.350 e. The van der Waals surface area contributed by atoms with Gasteiger partial charge in [-0.15, -0.1) is 0 Å². The van der Waals surface area contributed by atoms with E-state index in [1.165, 1.54) is 12.1 Å². The van der Waals surface area contributed by atoms with E-state index in [-0.39, 0.29) is 32.8 Å². The third kappa shape index (κ3) is 5.18. The standard InChI is InChI=1S/C22H22N2O5S2/c1-3-14-31(27,28)17-13-9-8-12-16(17)20(25)24-22-23-18(15-10-6-5-7-11-15)19(30-22)21(26)29-4-2/h5-13H,3-4,14H2,1-2H3,(H,23,24,25). The van der Waals surface area contributed by atoms with E-state index in [9.17, 15) is 18.0 Å². The van der Waals surface area contributed by atoms with Crippen molar-refractivity contribution in [1.82, 2.24) is 4.98 Å². The molecule has 0 atom stereocenters. The zero-order valence-electron chi connectivity index (χ0n) is 17.1. The molecule has 0 aliphatic heterocycles. The Labute approximate surface area is 185 Å². The number of aromatic nitrogens is 1. The largest absolute Gasteiger partial charge is 0.462 e. The van der Waals surface area contributed by atoms with Gasteiger partial charge in [0.15, 0.2) is 15.0 Å². The van der Waals surface area contributed by atoms with Crippen molar-refractivity contribution in [2.45, 2.75) is 25.2 Å². The third-order valence-electron chi connectivity index (χ3n) is 4.30. The molecule has 3 rings (SSSR count). The first-order chi connectivity index (χ1) is 14.9. The summed E-state index contributed by atoms with van der Waals surface area (Å²) in [7, 11) is -3.60. The maximum atomic E-state index is 12.9. The molecule has 3 aromatic rings. The van der Waals surface area contributed by atoms with Crippen LogP contribution in [-0.2, 0) is 14.6 Å². The predicted octanol–water partition coefficient (Wildman–Crippen LogP) is 4.42. The molecule has 31 heavy (non-hydrogen) atoms. The first kappa shape index (κ1) is 22.6. The number of benzene rings is 2. The van der Waals surface area contributed by atoms with Crippen molar-refractivity contribution in [2.75, 3.05) is 17.7 Å². The zero-order chi connectivity index (χ0) is 22.4. The Morgan fingerprint density at radius 3 is 2.39 bits per heavy atom. The molecule has 1 N–H and O–H groups in total. The van der Waals surface area contributed by atoms with Gasteiger partial charge in [-0.1, -0.05) is 60.7 Å². The van der Waals surface area contributed by atoms with Gasteiger partial charge < -0.3 is 4.74 Å². The number of anilines is 1. The van der Waals surface area contributed by atoms with Crippen LogP contribution in [0.1, 0.15) is 40.3 Å². The first-order valence-electron chi connectivity index (χ1n) is 9.73. The fraction of sp³-hybridized carbons (Fsp3) is 0.227. The van der Waals surface area contributed by atoms with Crippen LogP contribution in [0.4, 0.5) is 5.13 Å². The molecule has 0 aliphatic rings. The van der Waals surface area contributed by atoms with Crippen molar-refractivity contribution in [3.63, 3.8) is 0 Å². The minimum absolute atomic E-state index is 0.0280. The quantitative estimate of drug-likeness (QED) is 0.501. The van der Waals surface area contributed by atoms with Crippen molar-refractivity contribution < 1.29 is 22.7 Å². The van der Waals surface area contributed by atoms with Gasteiger partial charge >= 0.3 is 5.97 Å². The summed E-state index contributed by atoms with van der Waals surface area (Å²) in [5.74, 6) is -1.20. The van der Waals surface area contributed by atoms with Crippen LogP contribution in [-0.4, -0.2) is 37.6 Å². The Kier molecular flexibility index (Phi) is 7.19. The van der Waals surface area contributed by atoms with E-state index in [4.69, 9.17) is 4.74 Å². The molecule has 1 aromatic heterocycles. The van der Waals surface area contributed by atoms with Gasteiger partial charge in [-0.25, -0.2) is 18.2 Å². The second kappa shape index (κ2) is 9.84. The monoisotopic (exact) mass is 458 g/mol. The number of hydrogen-bond donors (Lipinski definition) is 1. The van der Waals surface area contributed by atoms with Gasteiger partial charge in [-0.2, -0.15) is 0 Å². The normalized spacial score (nSPS) is 11.2. The number of ether oxygens (including phenoxy) is 1. The van der Waals surface area contributed by atoms with Gasteiger partial charge in [-0.05, 0) is 25.5 Å². The summed E-state index contributed by atoms with van der Waals surface area (Å²) >= 11 is 0.982. The van der Waals surface area contributed by atoms with Crippen molar-refractivity contribution in [1.29, 1.82) is 0 Å². The van der Waals surface area contributed by atoms with Gasteiger partial charge in [-0.3, -0.25) is 10.1 Å². The van der Waals surface area contributed by atoms with E-state index in [1.54, 1.807) is 38.1 Å². The highest BCUT2D eigenvalue weighted by atomic mass is 32.2. The van der Waals surface area contributed by atoms with Crippen molar-refractivity contribution >= 4 is 38.2 Å². The summed E-state index contributed by atoms with van der Waals surface area (Å²) in [6.45, 7) is 3.67. The molecule has 0 spiro atoms. The van der Waals surface area contributed by atoms with Crippen molar-refractivity contribution in [2.24, 2.45) is 0 Å². The minimum atomic E-state index is -3.60. The summed E-state index contributed by atoms with van der Waals surface area (Å²) in [6.07, 6.45) is 0.439. The van der Waals surface area contributed by atoms with Crippen LogP contribution in [0, 0.1) is 0 Å². The van der Waals surface area contributed by atoms with Gasteiger partial charge in [0.1, 0.15) is 4.88 Å². The van der Waals surface area contributed by atoms with E-state index in [0.29, 0.717) is 17.7 Å². The molecular formula is C22H22N2O5S2. The molecule has 0 unspecified atom stereocenters. The number of esters is 1. The summed E-state index contributed by atoms with van der Waals surface area (Å²) < 4.78 is 30.2. The molecule has 7 nitrogen and oxygen atoms in total. The van der Waals surface area contributed by atoms with Crippen molar-refractivity contribution in [3.05, 3.63) is 65.0 Å². The lowest BCUT2D eigenvalue weighted by Gasteiger charge is -2.09. The average molecular weight is 459 g/mol. The number of carbonyl (C=O) groups is 2. The van der Waals surface area contributed by atoms with E-state index in [1.807, 2.05) is 18.2 Å². The van der Waals surface area contributed by atoms with Crippen LogP contribution >= 0.6 is 11.3 Å². The van der Waals surface area contributed by atoms with Gasteiger partial charge in [0, 0.05) is 5.56 Å². The molecular weight excluding hydrogens is 436 g/mol. The molecule has 0 fully saturated rings. The first-order valence-corrected chi connectivity index (χ1v) is 12.2. The van der Waals surface area contributed by atoms with E-state index in [0.717, 1.165) is 11.3 Å². The fourth-order valence-electron chi connectivity index (χ4n) is 2.97. The number of thiazole rings is 1. The lowest BCUT2D eigenvalue weighted by molar-refractivity contribution is 0.0532. The summed E-state index contributed by atoms with van der Waals surface area (Å²) in [4.78, 5) is 30.0. The van der Waals surface area contributed by atoms with Crippen LogP contribution in [0.2, 0.25) is 0 Å². The Hall–Kier alpha value is -3.04. The molecule has 1 heterocycles. The number of rotatable bonds is 8. The number of nitrogens with zero attached hydrogens (tertiary/aromatic N) is 1. The second-order valence-corrected chi connectivity index (χ2v) is 9.63. The topological polar surface area (TPSA) is 102 Å². The zero-order valence-corrected chi connectivity index (χ0v) is 18.8. The Bertz CT molecular complexity index is 1190. The van der Waals surface area contributed by atoms with Gasteiger partial charge in [0.25, 0.3) is 5.91 Å². The minimum Gasteiger partial charge on any atom is -0.462 e. The average Bonchev–Trinajstić information content (AvgIpc) is 3.18. The Morgan fingerprint density at radius 2 is 1.71 bits per heavy atom. The molecule has 0 saturated heterocycles. The fourth-order valence-corrected chi connectivity index (χ4v) is 5.38. The lowest BCUT2D eigenvalue weighted by Crippen LogP contribution is -2.17. The molecule has 1 amide bonds. The molecule has 0 saturated carbocycles. The van der Waals surface area contributed by atoms with Crippen LogP contribution in [0.3, 0.4) is 0 Å². The van der Waals surface area contributed by atoms with E-state index < -0.39 is 21.7 Å². The maximum absolute atomic E-state index is 12.9. The third-order valence-corrected chi connectivity index (χ3v) is 7.22. The Balaban J connectivity index is 1.97. The summed E-state index contributed by atoms with van der Waals surface area (Å²) in [5.41, 5.74) is 1.13. The highest BCUT2D eigenvalue weighted by Crippen LogP contribution is 2.32. The van der Waals surface area contributed by atoms with Crippen LogP contribution in [0.25, 0.3) is 11.3 Å². The number of hydrogen-bond acceptors (Lipinski definition) is 7. The highest BCUT2D eigenvalue weighted by molar-refractivity contribution is 7.91. The molecule has 0 bridgehead atoms. The van der Waals surface area contributed by atoms with Gasteiger partial charge in [0.05, 0.1) is 28.5 Å². The maximum Gasteiger partial charge on any atom is 0.350 e. The predicted molar refractivity (Wildman–Crippen MR) is 120 cm³/mol. The second-order valence-electron chi connectivity index (χ2n) is 6.55. The molecule has 162 valence electrons. The number of carbonyl (C=O) groups excluding carboxylic acids is 2.